The zero-order valence-electron chi connectivity index (χ0n) is 25.1. The van der Waals surface area contributed by atoms with Gasteiger partial charge in [0.1, 0.15) is 17.8 Å². The Morgan fingerprint density at radius 1 is 1.02 bits per heavy atom. The average molecular weight is 654 g/mol. The second-order valence-electron chi connectivity index (χ2n) is 10.5. The van der Waals surface area contributed by atoms with Gasteiger partial charge in [0.15, 0.2) is 0 Å². The van der Waals surface area contributed by atoms with Crippen LogP contribution < -0.4 is 16.4 Å². The van der Waals surface area contributed by atoms with E-state index in [9.17, 15) is 37.5 Å². The number of halogens is 3. The predicted molar refractivity (Wildman–Crippen MR) is 158 cm³/mol. The average Bonchev–Trinajstić information content (AvgIpc) is 3.50. The molecule has 2 aromatic carbocycles. The molecule has 0 aliphatic carbocycles. The molecule has 1 aliphatic heterocycles. The van der Waals surface area contributed by atoms with Gasteiger partial charge in [-0.2, -0.15) is 13.2 Å². The van der Waals surface area contributed by atoms with Crippen molar-refractivity contribution in [2.75, 3.05) is 33.3 Å². The predicted octanol–water partition coefficient (Wildman–Crippen LogP) is 0.181. The van der Waals surface area contributed by atoms with Crippen LogP contribution in [0.25, 0.3) is 0 Å². The second-order valence-corrected chi connectivity index (χ2v) is 10.5. The van der Waals surface area contributed by atoms with Crippen LogP contribution in [0.3, 0.4) is 0 Å². The number of likely N-dealkylation sites (tertiary alicyclic amines) is 1. The Kier molecular flexibility index (Phi) is 14.4. The smallest absolute Gasteiger partial charge is 0.490 e. The van der Waals surface area contributed by atoms with Crippen molar-refractivity contribution >= 4 is 29.6 Å². The molecule has 1 saturated heterocycles. The van der Waals surface area contributed by atoms with Crippen molar-refractivity contribution in [3.63, 3.8) is 0 Å². The first-order chi connectivity index (χ1) is 21.6. The number of phenolic OH excluding ortho intramolecular Hbond substituents is 1. The van der Waals surface area contributed by atoms with Crippen LogP contribution in [-0.4, -0.2) is 112 Å². The molecule has 0 spiro atoms. The summed E-state index contributed by atoms with van der Waals surface area (Å²) in [5.41, 5.74) is 7.80. The summed E-state index contributed by atoms with van der Waals surface area (Å²) >= 11 is 0. The summed E-state index contributed by atoms with van der Waals surface area (Å²) in [5, 5.41) is 30.9. The Bertz CT molecular complexity index is 1330. The highest BCUT2D eigenvalue weighted by Crippen LogP contribution is 2.21. The van der Waals surface area contributed by atoms with Crippen LogP contribution >= 0.6 is 0 Å². The summed E-state index contributed by atoms with van der Waals surface area (Å²) in [6, 6.07) is 13.1. The molecule has 7 N–H and O–H groups in total. The molecule has 3 rings (SSSR count). The molecule has 1 aliphatic rings. The SMILES string of the molecule is CN(CC(=O)N[C@@H](Cc1ccccc1)C(=O)NCCO)C(=O)[C@@H]1CCCN1C(=O)[C@@H](N)Cc1ccc(O)cc1.O=C(O)C(F)(F)F. The lowest BCUT2D eigenvalue weighted by Gasteiger charge is -2.30. The standard InChI is InChI=1S/C28H37N5O6.C2HF3O2/c1-32(18-25(36)31-23(26(37)30-13-15-34)17-19-6-3-2-4-7-19)28(39)24-8-5-14-33(24)27(38)22(29)16-20-9-11-21(35)12-10-20;3-2(4,5)1(6)7/h2-4,6-7,9-12,22-24,34-35H,5,8,13-18,29H2,1H3,(H,30,37)(H,31,36);(H,6,7)/t22-,23-,24-;/m0./s1. The molecule has 13 nitrogen and oxygen atoms in total. The van der Waals surface area contributed by atoms with E-state index >= 15 is 0 Å². The molecular formula is C30H38F3N5O8. The molecule has 4 amide bonds. The van der Waals surface area contributed by atoms with Gasteiger partial charge in [-0.15, -0.1) is 0 Å². The van der Waals surface area contributed by atoms with E-state index in [1.54, 1.807) is 12.1 Å². The lowest BCUT2D eigenvalue weighted by atomic mass is 10.0. The monoisotopic (exact) mass is 653 g/mol. The van der Waals surface area contributed by atoms with E-state index in [-0.39, 0.29) is 50.1 Å². The number of hydrogen-bond donors (Lipinski definition) is 6. The molecular weight excluding hydrogens is 615 g/mol. The molecule has 0 aromatic heterocycles. The fourth-order valence-corrected chi connectivity index (χ4v) is 4.62. The van der Waals surface area contributed by atoms with Gasteiger partial charge in [0.05, 0.1) is 19.2 Å². The highest BCUT2D eigenvalue weighted by Gasteiger charge is 2.39. The van der Waals surface area contributed by atoms with Gasteiger partial charge in [-0.1, -0.05) is 42.5 Å². The number of amides is 4. The zero-order valence-corrected chi connectivity index (χ0v) is 25.1. The van der Waals surface area contributed by atoms with Crippen LogP contribution in [0.15, 0.2) is 54.6 Å². The number of aromatic hydroxyl groups is 1. The van der Waals surface area contributed by atoms with E-state index in [2.05, 4.69) is 10.6 Å². The first kappa shape index (κ1) is 37.5. The van der Waals surface area contributed by atoms with Crippen LogP contribution in [0.5, 0.6) is 5.75 Å². The minimum Gasteiger partial charge on any atom is -0.508 e. The Hall–Kier alpha value is -4.70. The third-order valence-electron chi connectivity index (χ3n) is 6.87. The number of aliphatic hydroxyl groups excluding tert-OH is 1. The Morgan fingerprint density at radius 2 is 1.61 bits per heavy atom. The van der Waals surface area contributed by atoms with Crippen LogP contribution in [0, 0.1) is 0 Å². The van der Waals surface area contributed by atoms with E-state index in [0.717, 1.165) is 11.1 Å². The van der Waals surface area contributed by atoms with Crippen molar-refractivity contribution in [3.8, 4) is 5.75 Å². The maximum absolute atomic E-state index is 13.2. The van der Waals surface area contributed by atoms with Crippen molar-refractivity contribution in [1.82, 2.24) is 20.4 Å². The molecule has 252 valence electrons. The molecule has 46 heavy (non-hydrogen) atoms. The van der Waals surface area contributed by atoms with Crippen molar-refractivity contribution in [1.29, 1.82) is 0 Å². The van der Waals surface area contributed by atoms with Gasteiger partial charge in [0.2, 0.25) is 23.6 Å². The van der Waals surface area contributed by atoms with Crippen LogP contribution in [0.2, 0.25) is 0 Å². The van der Waals surface area contributed by atoms with Crippen LogP contribution in [0.4, 0.5) is 13.2 Å². The number of rotatable bonds is 12. The number of nitrogens with two attached hydrogens (primary N) is 1. The Morgan fingerprint density at radius 3 is 2.17 bits per heavy atom. The van der Waals surface area contributed by atoms with Crippen LogP contribution in [0.1, 0.15) is 24.0 Å². The molecule has 1 heterocycles. The Balaban J connectivity index is 0.000000942. The minimum atomic E-state index is -5.08. The van der Waals surface area contributed by atoms with Gasteiger partial charge < -0.3 is 41.5 Å². The van der Waals surface area contributed by atoms with E-state index in [1.165, 1.54) is 29.0 Å². The largest absolute Gasteiger partial charge is 0.508 e. The zero-order chi connectivity index (χ0) is 34.4. The molecule has 0 bridgehead atoms. The quantitative estimate of drug-likeness (QED) is 0.185. The van der Waals surface area contributed by atoms with Crippen molar-refractivity contribution < 1.29 is 52.5 Å². The summed E-state index contributed by atoms with van der Waals surface area (Å²) in [6.45, 7) is -0.0821. The number of carbonyl (C=O) groups is 5. The molecule has 1 fully saturated rings. The number of phenols is 1. The van der Waals surface area contributed by atoms with E-state index in [1.807, 2.05) is 30.3 Å². The number of nitrogens with zero attached hydrogens (tertiary/aromatic N) is 2. The number of alkyl halides is 3. The maximum Gasteiger partial charge on any atom is 0.490 e. The van der Waals surface area contributed by atoms with Gasteiger partial charge in [0.25, 0.3) is 0 Å². The van der Waals surface area contributed by atoms with E-state index < -0.39 is 42.1 Å². The number of carbonyl (C=O) groups excluding carboxylic acids is 4. The summed E-state index contributed by atoms with van der Waals surface area (Å²) in [6.07, 6.45) is -3.48. The van der Waals surface area contributed by atoms with Crippen molar-refractivity contribution in [3.05, 3.63) is 65.7 Å². The highest BCUT2D eigenvalue weighted by molar-refractivity contribution is 5.93. The number of hydrogen-bond acceptors (Lipinski definition) is 8. The topological polar surface area (TPSA) is 203 Å². The molecule has 16 heteroatoms. The van der Waals surface area contributed by atoms with Gasteiger partial charge >= 0.3 is 12.1 Å². The van der Waals surface area contributed by atoms with Crippen LogP contribution in [-0.2, 0) is 36.8 Å². The van der Waals surface area contributed by atoms with Gasteiger partial charge in [0, 0.05) is 26.6 Å². The Labute approximate surface area is 263 Å². The highest BCUT2D eigenvalue weighted by atomic mass is 19.4. The minimum absolute atomic E-state index is 0.0544. The van der Waals surface area contributed by atoms with E-state index in [0.29, 0.717) is 19.4 Å². The fourth-order valence-electron chi connectivity index (χ4n) is 4.62. The number of carboxylic acid groups (broad SMARTS) is 1. The number of aliphatic hydroxyl groups is 1. The van der Waals surface area contributed by atoms with Gasteiger partial charge in [-0.25, -0.2) is 4.79 Å². The first-order valence-electron chi connectivity index (χ1n) is 14.2. The van der Waals surface area contributed by atoms with E-state index in [4.69, 9.17) is 20.7 Å². The van der Waals surface area contributed by atoms with Gasteiger partial charge in [-0.3, -0.25) is 19.2 Å². The summed E-state index contributed by atoms with van der Waals surface area (Å²) in [7, 11) is 1.48. The fraction of sp³-hybridized carbons (Fsp3) is 0.433. The number of carboxylic acids is 1. The molecule has 2 aromatic rings. The molecule has 3 atom stereocenters. The normalized spacial score (nSPS) is 15.5. The van der Waals surface area contributed by atoms with Crippen molar-refractivity contribution in [2.45, 2.75) is 50.0 Å². The maximum atomic E-state index is 13.2. The summed E-state index contributed by atoms with van der Waals surface area (Å²) in [5.74, 6) is -4.32. The number of benzene rings is 2. The lowest BCUT2D eigenvalue weighted by Crippen LogP contribution is -2.54. The molecule has 0 unspecified atom stereocenters. The molecule has 0 radical (unpaired) electrons. The van der Waals surface area contributed by atoms with Crippen molar-refractivity contribution in [2.24, 2.45) is 5.73 Å². The summed E-state index contributed by atoms with van der Waals surface area (Å²) in [4.78, 5) is 63.4. The number of likely N-dealkylation sites (N-methyl/N-ethyl adjacent to an activating group) is 1. The third kappa shape index (κ3) is 12.0. The second kappa shape index (κ2) is 17.7. The first-order valence-corrected chi connectivity index (χ1v) is 14.2. The summed E-state index contributed by atoms with van der Waals surface area (Å²) < 4.78 is 31.7. The number of aliphatic carboxylic acids is 1. The lowest BCUT2D eigenvalue weighted by molar-refractivity contribution is -0.192. The third-order valence-corrected chi connectivity index (χ3v) is 6.87. The van der Waals surface area contributed by atoms with Gasteiger partial charge in [-0.05, 0) is 42.5 Å². The molecule has 0 saturated carbocycles. The number of nitrogens with one attached hydrogen (secondary N) is 2.